The van der Waals surface area contributed by atoms with Gasteiger partial charge in [-0.15, -0.1) is 11.3 Å². The Labute approximate surface area is 206 Å². The summed E-state index contributed by atoms with van der Waals surface area (Å²) in [5, 5.41) is 15.8. The van der Waals surface area contributed by atoms with Crippen molar-refractivity contribution in [1.82, 2.24) is 25.4 Å². The maximum atomic E-state index is 13.2. The average Bonchev–Trinajstić information content (AvgIpc) is 3.49. The number of carbonyl (C=O) groups excluding carboxylic acids is 2. The minimum atomic E-state index is -0.208. The number of nitrogens with two attached hydrogens (primary N) is 1. The van der Waals surface area contributed by atoms with Gasteiger partial charge in [0.05, 0.1) is 11.8 Å². The van der Waals surface area contributed by atoms with Gasteiger partial charge in [-0.2, -0.15) is 5.10 Å². The quantitative estimate of drug-likeness (QED) is 0.335. The van der Waals surface area contributed by atoms with Crippen molar-refractivity contribution in [2.45, 2.75) is 37.8 Å². The van der Waals surface area contributed by atoms with Gasteiger partial charge in [-0.1, -0.05) is 18.2 Å². The monoisotopic (exact) mass is 489 g/mol. The lowest BCUT2D eigenvalue weighted by Gasteiger charge is -2.29. The van der Waals surface area contributed by atoms with E-state index < -0.39 is 0 Å². The molecule has 0 atom stereocenters. The van der Waals surface area contributed by atoms with Gasteiger partial charge in [0.25, 0.3) is 5.91 Å². The second-order valence-corrected chi connectivity index (χ2v) is 9.68. The third-order valence-electron chi connectivity index (χ3n) is 6.31. The molecule has 1 aromatic carbocycles. The van der Waals surface area contributed by atoms with E-state index in [1.807, 2.05) is 49.0 Å². The Bertz CT molecular complexity index is 1360. The number of carbonyl (C=O) groups is 2. The summed E-state index contributed by atoms with van der Waals surface area (Å²) in [7, 11) is 1.86. The van der Waals surface area contributed by atoms with E-state index in [1.165, 1.54) is 11.3 Å². The Kier molecular flexibility index (Phi) is 6.37. The van der Waals surface area contributed by atoms with Crippen molar-refractivity contribution in [1.29, 1.82) is 0 Å². The van der Waals surface area contributed by atoms with Crippen molar-refractivity contribution in [2.24, 2.45) is 7.05 Å². The number of anilines is 2. The molecule has 9 nitrogen and oxygen atoms in total. The Morgan fingerprint density at radius 3 is 2.46 bits per heavy atom. The molecule has 0 aliphatic heterocycles. The maximum absolute atomic E-state index is 13.2. The molecule has 0 radical (unpaired) electrons. The van der Waals surface area contributed by atoms with Crippen LogP contribution in [0.1, 0.15) is 36.0 Å². The van der Waals surface area contributed by atoms with Gasteiger partial charge in [0.15, 0.2) is 0 Å². The van der Waals surface area contributed by atoms with Crippen LogP contribution < -0.4 is 21.7 Å². The Balaban J connectivity index is 1.21. The zero-order chi connectivity index (χ0) is 24.4. The largest absolute Gasteiger partial charge is 0.383 e. The summed E-state index contributed by atoms with van der Waals surface area (Å²) in [6.07, 6.45) is 8.60. The summed E-state index contributed by atoms with van der Waals surface area (Å²) in [6, 6.07) is 9.28. The van der Waals surface area contributed by atoms with E-state index >= 15 is 0 Å². The molecule has 1 fully saturated rings. The normalized spacial score (nSPS) is 17.7. The smallest absolute Gasteiger partial charge is 0.319 e. The predicted molar refractivity (Wildman–Crippen MR) is 138 cm³/mol. The van der Waals surface area contributed by atoms with E-state index in [0.717, 1.165) is 47.2 Å². The van der Waals surface area contributed by atoms with E-state index in [2.05, 4.69) is 26.0 Å². The molecule has 3 heterocycles. The number of nitrogens with zero attached hydrogens (tertiary/aromatic N) is 3. The summed E-state index contributed by atoms with van der Waals surface area (Å²) in [5.41, 5.74) is 9.34. The molecule has 1 aliphatic carbocycles. The van der Waals surface area contributed by atoms with Gasteiger partial charge < -0.3 is 21.7 Å². The molecule has 1 aliphatic rings. The highest BCUT2D eigenvalue weighted by molar-refractivity contribution is 7.18. The SMILES string of the molecule is Cn1cc(-c2cnc(N)c3c(C(=O)N[C@H]4CC[C@H](NC(=O)Nc5ccccc5)CC4)csc23)cn1. The summed E-state index contributed by atoms with van der Waals surface area (Å²) < 4.78 is 2.66. The highest BCUT2D eigenvalue weighted by Gasteiger charge is 2.26. The minimum Gasteiger partial charge on any atom is -0.383 e. The van der Waals surface area contributed by atoms with Gasteiger partial charge >= 0.3 is 6.03 Å². The highest BCUT2D eigenvalue weighted by Crippen LogP contribution is 2.37. The summed E-state index contributed by atoms with van der Waals surface area (Å²) in [6.45, 7) is 0. The Morgan fingerprint density at radius 2 is 1.77 bits per heavy atom. The number of aromatic nitrogens is 3. The van der Waals surface area contributed by atoms with Crippen LogP contribution in [0.4, 0.5) is 16.3 Å². The first-order valence-corrected chi connectivity index (χ1v) is 12.4. The first-order chi connectivity index (χ1) is 17.0. The molecule has 10 heteroatoms. The number of aryl methyl sites for hydroxylation is 1. The number of hydrogen-bond acceptors (Lipinski definition) is 6. The summed E-state index contributed by atoms with van der Waals surface area (Å²) in [4.78, 5) is 29.8. The molecule has 3 aromatic heterocycles. The van der Waals surface area contributed by atoms with Crippen molar-refractivity contribution in [3.05, 3.63) is 59.9 Å². The molecule has 0 spiro atoms. The molecule has 0 saturated heterocycles. The molecule has 0 bridgehead atoms. The van der Waals surface area contributed by atoms with Crippen LogP contribution in [0.5, 0.6) is 0 Å². The fourth-order valence-corrected chi connectivity index (χ4v) is 5.61. The zero-order valence-corrected chi connectivity index (χ0v) is 20.1. The molecule has 3 amide bonds. The summed E-state index contributed by atoms with van der Waals surface area (Å²) >= 11 is 1.48. The fraction of sp³-hybridized carbons (Fsp3) is 0.280. The van der Waals surface area contributed by atoms with E-state index in [1.54, 1.807) is 17.1 Å². The standard InChI is InChI=1S/C25H27N7O2S/c1-32-13-15(11-28-32)19-12-27-23(26)21-20(14-35-22(19)21)24(33)29-17-7-9-18(10-8-17)31-25(34)30-16-5-3-2-4-6-16/h2-6,11-14,17-18H,7-10H2,1H3,(H2,26,27)(H,29,33)(H2,30,31,34)/t17-,18-. The van der Waals surface area contributed by atoms with Gasteiger partial charge in [-0.3, -0.25) is 9.48 Å². The van der Waals surface area contributed by atoms with Crippen molar-refractivity contribution in [2.75, 3.05) is 11.1 Å². The van der Waals surface area contributed by atoms with E-state index in [-0.39, 0.29) is 24.0 Å². The molecule has 5 rings (SSSR count). The number of nitrogen functional groups attached to an aromatic ring is 1. The topological polar surface area (TPSA) is 127 Å². The number of para-hydroxylation sites is 1. The average molecular weight is 490 g/mol. The van der Waals surface area contributed by atoms with Crippen LogP contribution in [0.3, 0.4) is 0 Å². The van der Waals surface area contributed by atoms with Crippen LogP contribution in [0, 0.1) is 0 Å². The van der Waals surface area contributed by atoms with Gasteiger partial charge in [0, 0.05) is 63.8 Å². The van der Waals surface area contributed by atoms with E-state index in [9.17, 15) is 9.59 Å². The third kappa shape index (κ3) is 4.97. The minimum absolute atomic E-state index is 0.0448. The summed E-state index contributed by atoms with van der Waals surface area (Å²) in [5.74, 6) is 0.197. The highest BCUT2D eigenvalue weighted by atomic mass is 32.1. The van der Waals surface area contributed by atoms with Crippen molar-refractivity contribution >= 4 is 44.9 Å². The molecular formula is C25H27N7O2S. The molecule has 4 aromatic rings. The van der Waals surface area contributed by atoms with Crippen molar-refractivity contribution in [3.8, 4) is 11.1 Å². The maximum Gasteiger partial charge on any atom is 0.319 e. The van der Waals surface area contributed by atoms with Crippen LogP contribution in [-0.2, 0) is 7.05 Å². The van der Waals surface area contributed by atoms with Gasteiger partial charge in [0.2, 0.25) is 0 Å². The molecule has 5 N–H and O–H groups in total. The van der Waals surface area contributed by atoms with E-state index in [0.29, 0.717) is 16.8 Å². The molecule has 0 unspecified atom stereocenters. The number of hydrogen-bond donors (Lipinski definition) is 4. The van der Waals surface area contributed by atoms with Gasteiger partial charge in [0.1, 0.15) is 5.82 Å². The first kappa shape index (κ1) is 22.9. The van der Waals surface area contributed by atoms with Gasteiger partial charge in [-0.05, 0) is 37.8 Å². The van der Waals surface area contributed by atoms with Crippen LogP contribution in [0.2, 0.25) is 0 Å². The predicted octanol–water partition coefficient (Wildman–Crippen LogP) is 4.14. The van der Waals surface area contributed by atoms with Crippen LogP contribution in [-0.4, -0.2) is 38.8 Å². The molecule has 1 saturated carbocycles. The van der Waals surface area contributed by atoms with Crippen molar-refractivity contribution < 1.29 is 9.59 Å². The number of amides is 3. The lowest BCUT2D eigenvalue weighted by Crippen LogP contribution is -2.44. The number of benzene rings is 1. The Morgan fingerprint density at radius 1 is 1.06 bits per heavy atom. The number of fused-ring (bicyclic) bond motifs is 1. The fourth-order valence-electron chi connectivity index (χ4n) is 4.52. The van der Waals surface area contributed by atoms with Crippen LogP contribution >= 0.6 is 11.3 Å². The number of urea groups is 1. The first-order valence-electron chi connectivity index (χ1n) is 11.6. The van der Waals surface area contributed by atoms with Gasteiger partial charge in [-0.25, -0.2) is 9.78 Å². The zero-order valence-electron chi connectivity index (χ0n) is 19.3. The third-order valence-corrected chi connectivity index (χ3v) is 7.33. The number of thiophene rings is 1. The van der Waals surface area contributed by atoms with Crippen LogP contribution in [0.25, 0.3) is 21.2 Å². The second kappa shape index (κ2) is 9.75. The number of pyridine rings is 1. The Hall–Kier alpha value is -3.92. The molecular weight excluding hydrogens is 462 g/mol. The van der Waals surface area contributed by atoms with Crippen molar-refractivity contribution in [3.63, 3.8) is 0 Å². The number of rotatable bonds is 5. The van der Waals surface area contributed by atoms with E-state index in [4.69, 9.17) is 5.73 Å². The lowest BCUT2D eigenvalue weighted by molar-refractivity contribution is 0.0926. The molecule has 180 valence electrons. The van der Waals surface area contributed by atoms with Crippen LogP contribution in [0.15, 0.2) is 54.3 Å². The lowest BCUT2D eigenvalue weighted by atomic mass is 9.91. The number of nitrogens with one attached hydrogen (secondary N) is 3. The molecule has 35 heavy (non-hydrogen) atoms. The second-order valence-electron chi connectivity index (χ2n) is 8.80.